The molecule has 0 aliphatic heterocycles. The maximum absolute atomic E-state index is 7.50. The van der Waals surface area contributed by atoms with Crippen LogP contribution in [0, 0.1) is 45.6 Å². The number of benzene rings is 1. The third-order valence-corrected chi connectivity index (χ3v) is 0.918. The van der Waals surface area contributed by atoms with Gasteiger partial charge in [0.15, 0.2) is 0 Å². The van der Waals surface area contributed by atoms with Gasteiger partial charge in [0.05, 0.1) is 0 Å². The summed E-state index contributed by atoms with van der Waals surface area (Å²) in [6.45, 7) is 22.5. The van der Waals surface area contributed by atoms with E-state index in [0.717, 1.165) is 5.56 Å². The fourth-order valence-electron chi connectivity index (χ4n) is 0.521. The van der Waals surface area contributed by atoms with Gasteiger partial charge in [-0.25, -0.2) is 0 Å². The Hall–Kier alpha value is -1.86. The predicted molar refractivity (Wildman–Crippen MR) is 52.3 cm³/mol. The fraction of sp³-hybridized carbons (Fsp3) is 0. The standard InChI is InChI=1S/C8H5.5CO.Re/c1-2-8-6-4-3-5-7-8;5*1-2;/h3-7H;;;;;;/q-1;;;;;;. The Morgan fingerprint density at radius 3 is 1.05 bits per heavy atom. The molecule has 0 saturated carbocycles. The van der Waals surface area contributed by atoms with Crippen LogP contribution in [0.3, 0.4) is 0 Å². The van der Waals surface area contributed by atoms with Crippen LogP contribution < -0.4 is 0 Å². The number of hydrogen-bond donors (Lipinski definition) is 0. The van der Waals surface area contributed by atoms with Gasteiger partial charge >= 0.3 is 56.5 Å². The second-order valence-corrected chi connectivity index (χ2v) is 1.49. The van der Waals surface area contributed by atoms with Crippen molar-refractivity contribution >= 4 is 0 Å². The van der Waals surface area contributed by atoms with Crippen LogP contribution >= 0.6 is 0 Å². The Morgan fingerprint density at radius 1 is 0.632 bits per heavy atom. The predicted octanol–water partition coefficient (Wildman–Crippen LogP) is 1.43. The molecule has 1 aromatic rings. The Bertz CT molecular complexity index is 347. The van der Waals surface area contributed by atoms with Gasteiger partial charge in [0.1, 0.15) is 0 Å². The summed E-state index contributed by atoms with van der Waals surface area (Å²) in [7, 11) is 0. The van der Waals surface area contributed by atoms with Crippen molar-refractivity contribution in [1.29, 1.82) is 0 Å². The molecule has 0 aliphatic rings. The van der Waals surface area contributed by atoms with E-state index >= 15 is 0 Å². The molecule has 0 heterocycles. The van der Waals surface area contributed by atoms with E-state index in [4.69, 9.17) is 29.7 Å². The summed E-state index contributed by atoms with van der Waals surface area (Å²) in [6.07, 6.45) is 6.69. The summed E-state index contributed by atoms with van der Waals surface area (Å²) in [6, 6.07) is 9.37. The van der Waals surface area contributed by atoms with Crippen LogP contribution in [0.5, 0.6) is 0 Å². The van der Waals surface area contributed by atoms with Crippen LogP contribution in [0.2, 0.25) is 0 Å². The van der Waals surface area contributed by atoms with Crippen LogP contribution in [-0.4, -0.2) is 0 Å². The first-order valence-electron chi connectivity index (χ1n) is 3.43. The van der Waals surface area contributed by atoms with E-state index in [0.29, 0.717) is 0 Å². The third kappa shape index (κ3) is 48.7. The average Bonchev–Trinajstić information content (AvgIpc) is 2.57. The molecule has 6 heteroatoms. The van der Waals surface area contributed by atoms with E-state index < -0.39 is 0 Å². The van der Waals surface area contributed by atoms with Gasteiger partial charge in [0, 0.05) is 20.4 Å². The molecule has 0 aromatic heterocycles. The second kappa shape index (κ2) is 72.6. The van der Waals surface area contributed by atoms with E-state index in [-0.39, 0.29) is 20.4 Å². The van der Waals surface area contributed by atoms with Crippen LogP contribution in [-0.2, 0) is 43.7 Å². The van der Waals surface area contributed by atoms with Gasteiger partial charge in [0.2, 0.25) is 0 Å². The Kier molecular flexibility index (Phi) is 137. The van der Waals surface area contributed by atoms with E-state index in [1.807, 2.05) is 30.3 Å². The van der Waals surface area contributed by atoms with E-state index in [1.54, 1.807) is 0 Å². The van der Waals surface area contributed by atoms with Crippen molar-refractivity contribution in [1.82, 2.24) is 0 Å². The minimum atomic E-state index is 0. The van der Waals surface area contributed by atoms with Gasteiger partial charge in [-0.3, -0.25) is 5.92 Å². The quantitative estimate of drug-likeness (QED) is 0.340. The molecule has 0 spiro atoms. The molecule has 95 valence electrons. The summed E-state index contributed by atoms with van der Waals surface area (Å²) in [5.41, 5.74) is 0.826. The molecule has 0 amide bonds. The molecule has 0 aliphatic carbocycles. The van der Waals surface area contributed by atoms with Gasteiger partial charge < -0.3 is 6.42 Å². The largest absolute Gasteiger partial charge is 0 e. The van der Waals surface area contributed by atoms with Crippen molar-refractivity contribution < 1.29 is 43.7 Å². The average molecular weight is 427 g/mol. The van der Waals surface area contributed by atoms with E-state index in [9.17, 15) is 0 Å². The fourth-order valence-corrected chi connectivity index (χ4v) is 0.521. The molecule has 0 saturated heterocycles. The van der Waals surface area contributed by atoms with Crippen LogP contribution in [0.1, 0.15) is 5.56 Å². The summed E-state index contributed by atoms with van der Waals surface area (Å²) < 4.78 is 37.5. The van der Waals surface area contributed by atoms with Gasteiger partial charge in [-0.1, -0.05) is 18.2 Å². The zero-order valence-electron chi connectivity index (χ0n) is 9.31. The molecule has 0 bridgehead atoms. The van der Waals surface area contributed by atoms with Crippen LogP contribution in [0.4, 0.5) is 0 Å². The number of hydrogen-bond acceptors (Lipinski definition) is 0. The first kappa shape index (κ1) is 36.0. The zero-order valence-corrected chi connectivity index (χ0v) is 12.0. The van der Waals surface area contributed by atoms with Crippen molar-refractivity contribution in [3.05, 3.63) is 75.6 Å². The smallest absolute Gasteiger partial charge is 0 e. The van der Waals surface area contributed by atoms with Crippen molar-refractivity contribution in [2.75, 3.05) is 0 Å². The Labute approximate surface area is 125 Å². The van der Waals surface area contributed by atoms with Crippen molar-refractivity contribution in [3.63, 3.8) is 0 Å². The summed E-state index contributed by atoms with van der Waals surface area (Å²) >= 11 is 0. The Balaban J connectivity index is -0.0000000332. The van der Waals surface area contributed by atoms with Crippen LogP contribution in [0.15, 0.2) is 30.3 Å². The molecule has 0 fully saturated rings. The summed E-state index contributed by atoms with van der Waals surface area (Å²) in [5.74, 6) is 2.28. The molecule has 19 heavy (non-hydrogen) atoms. The normalized spacial score (nSPS) is 3.84. The molecule has 1 aromatic carbocycles. The second-order valence-electron chi connectivity index (χ2n) is 1.49. The molecule has 1 rings (SSSR count). The van der Waals surface area contributed by atoms with Crippen LogP contribution in [0.25, 0.3) is 0 Å². The monoisotopic (exact) mass is 428 g/mol. The van der Waals surface area contributed by atoms with Crippen molar-refractivity contribution in [2.45, 2.75) is 0 Å². The van der Waals surface area contributed by atoms with E-state index in [2.05, 4.69) is 39.2 Å². The zero-order chi connectivity index (χ0) is 15.8. The summed E-state index contributed by atoms with van der Waals surface area (Å²) in [5, 5.41) is 0. The SMILES string of the molecule is [C-]#Cc1ccccc1.[C-]#[O+].[C-]#[O+].[C-]#[O+].[C-]#[O+].[C-]#[O+].[Re]. The number of rotatable bonds is 0. The topological polar surface area (TPSA) is 99.5 Å². The molecular weight excluding hydrogens is 422 g/mol. The first-order valence-corrected chi connectivity index (χ1v) is 3.43. The maximum atomic E-state index is 7.50. The van der Waals surface area contributed by atoms with Gasteiger partial charge in [-0.2, -0.15) is 0 Å². The van der Waals surface area contributed by atoms with Gasteiger partial charge in [-0.05, 0) is 0 Å². The third-order valence-electron chi connectivity index (χ3n) is 0.918. The molecule has 5 nitrogen and oxygen atoms in total. The van der Waals surface area contributed by atoms with Gasteiger partial charge in [0.25, 0.3) is 0 Å². The molecule has 0 N–H and O–H groups in total. The molecular formula is C13H5O5Re-. The maximum Gasteiger partial charge on any atom is 0 e. The van der Waals surface area contributed by atoms with Gasteiger partial charge in [-0.15, -0.1) is 17.7 Å². The summed E-state index contributed by atoms with van der Waals surface area (Å²) in [4.78, 5) is 0. The van der Waals surface area contributed by atoms with Crippen molar-refractivity contribution in [2.24, 2.45) is 0 Å². The van der Waals surface area contributed by atoms with Crippen molar-refractivity contribution in [3.8, 4) is 5.92 Å². The molecule has 0 unspecified atom stereocenters. The minimum Gasteiger partial charge on any atom is 0 e. The molecule has 0 atom stereocenters. The van der Waals surface area contributed by atoms with E-state index in [1.165, 1.54) is 0 Å². The first-order chi connectivity index (χ1) is 8.93. The minimum absolute atomic E-state index is 0. The Morgan fingerprint density at radius 2 is 0.895 bits per heavy atom. The molecule has 1 radical (unpaired) electrons.